The van der Waals surface area contributed by atoms with Crippen LogP contribution in [0.4, 0.5) is 0 Å². The quantitative estimate of drug-likeness (QED) is 0.409. The minimum absolute atomic E-state index is 0.990. The average molecular weight is 539 g/mol. The van der Waals surface area contributed by atoms with Gasteiger partial charge in [0.1, 0.15) is 6.54 Å². The molecule has 1 aromatic carbocycles. The van der Waals surface area contributed by atoms with Gasteiger partial charge in [0.15, 0.2) is 0 Å². The first-order valence-corrected chi connectivity index (χ1v) is 13.8. The van der Waals surface area contributed by atoms with Gasteiger partial charge in [-0.25, -0.2) is 12.3 Å². The second kappa shape index (κ2) is 12.2. The Labute approximate surface area is 134 Å². The second-order valence-electron chi connectivity index (χ2n) is 4.29. The predicted octanol–water partition coefficient (Wildman–Crippen LogP) is 4.57. The van der Waals surface area contributed by atoms with E-state index in [1.165, 1.54) is 5.56 Å². The minimum atomic E-state index is -3.29. The van der Waals surface area contributed by atoms with Gasteiger partial charge in [0.25, 0.3) is 0 Å². The molecule has 0 fully saturated rings. The summed E-state index contributed by atoms with van der Waals surface area (Å²) in [5.41, 5.74) is 1.40. The molecule has 0 aliphatic rings. The van der Waals surface area contributed by atoms with Gasteiger partial charge in [0.05, 0.1) is 21.1 Å². The monoisotopic (exact) mass is 538 g/mol. The van der Waals surface area contributed by atoms with Gasteiger partial charge in [0.2, 0.25) is 0 Å². The molecule has 0 aromatic heterocycles. The molecular formula is C10H16Cl2I2NO4+. The van der Waals surface area contributed by atoms with Crippen LogP contribution >= 0.6 is 55.1 Å². The van der Waals surface area contributed by atoms with Crippen LogP contribution in [-0.2, 0) is 18.8 Å². The highest BCUT2D eigenvalue weighted by Gasteiger charge is 2.06. The van der Waals surface area contributed by atoms with Crippen LogP contribution in [0.15, 0.2) is 30.3 Å². The fourth-order valence-corrected chi connectivity index (χ4v) is 1.13. The lowest BCUT2D eigenvalue weighted by molar-refractivity contribution is -0.884. The van der Waals surface area contributed by atoms with Crippen molar-refractivity contribution in [2.24, 2.45) is 0 Å². The molecule has 0 atom stereocenters. The van der Waals surface area contributed by atoms with Gasteiger partial charge in [-0.2, -0.15) is 0 Å². The predicted molar refractivity (Wildman–Crippen MR) is 90.7 cm³/mol. The molecule has 0 unspecified atom stereocenters. The Morgan fingerprint density at radius 2 is 1.21 bits per heavy atom. The van der Waals surface area contributed by atoms with E-state index in [-0.39, 0.29) is 0 Å². The van der Waals surface area contributed by atoms with Gasteiger partial charge >= 0.3 is 37.3 Å². The van der Waals surface area contributed by atoms with E-state index in [1.54, 1.807) is 0 Å². The Kier molecular flexibility index (Phi) is 13.9. The van der Waals surface area contributed by atoms with Crippen molar-refractivity contribution in [3.8, 4) is 0 Å². The summed E-state index contributed by atoms with van der Waals surface area (Å²) < 4.78 is 36.6. The van der Waals surface area contributed by atoms with E-state index >= 15 is 0 Å². The lowest BCUT2D eigenvalue weighted by Crippen LogP contribution is -2.33. The highest BCUT2D eigenvalue weighted by Crippen LogP contribution is 2.07. The highest BCUT2D eigenvalue weighted by atomic mass is 127. The van der Waals surface area contributed by atoms with E-state index in [0.29, 0.717) is 0 Å². The first-order valence-electron chi connectivity index (χ1n) is 4.83. The van der Waals surface area contributed by atoms with Gasteiger partial charge in [-0.1, -0.05) is 30.3 Å². The maximum absolute atomic E-state index is 8.89. The van der Waals surface area contributed by atoms with Crippen LogP contribution in [0.3, 0.4) is 0 Å². The average Bonchev–Trinajstić information content (AvgIpc) is 2.14. The maximum Gasteiger partial charge on any atom is 0.409 e. The minimum Gasteiger partial charge on any atom is -0.327 e. The summed E-state index contributed by atoms with van der Waals surface area (Å²) in [5, 5.41) is 0. The van der Waals surface area contributed by atoms with Crippen molar-refractivity contribution >= 4 is 55.1 Å². The normalized spacial score (nSPS) is 10.3. The van der Waals surface area contributed by atoms with Crippen molar-refractivity contribution in [1.29, 1.82) is 0 Å². The molecule has 5 nitrogen and oxygen atoms in total. The van der Waals surface area contributed by atoms with Gasteiger partial charge in [-0.05, 0) is 0 Å². The van der Waals surface area contributed by atoms with Crippen LogP contribution in [0.2, 0.25) is 0 Å². The Morgan fingerprint density at radius 1 is 0.895 bits per heavy atom. The molecule has 112 valence electrons. The molecule has 0 radical (unpaired) electrons. The largest absolute Gasteiger partial charge is 0.409 e. The van der Waals surface area contributed by atoms with Crippen LogP contribution in [0.5, 0.6) is 0 Å². The molecule has 0 heterocycles. The third-order valence-corrected chi connectivity index (χ3v) is 1.50. The molecule has 0 spiro atoms. The molecule has 0 saturated carbocycles. The zero-order valence-electron chi connectivity index (χ0n) is 10.7. The van der Waals surface area contributed by atoms with E-state index in [9.17, 15) is 0 Å². The molecule has 19 heavy (non-hydrogen) atoms. The molecule has 1 aromatic rings. The SMILES string of the molecule is C[N+](C)(C)Cc1ccccc1.O=I(=O)Cl.O=I(=O)Cl. The molecule has 0 aliphatic carbocycles. The molecule has 0 aliphatic heterocycles. The third-order valence-electron chi connectivity index (χ3n) is 1.50. The number of benzene rings is 1. The van der Waals surface area contributed by atoms with Crippen molar-refractivity contribution in [3.63, 3.8) is 0 Å². The van der Waals surface area contributed by atoms with Crippen LogP contribution in [0.1, 0.15) is 5.56 Å². The summed E-state index contributed by atoms with van der Waals surface area (Å²) in [7, 11) is 15.2. The van der Waals surface area contributed by atoms with Gasteiger partial charge < -0.3 is 4.48 Å². The van der Waals surface area contributed by atoms with Crippen molar-refractivity contribution in [2.75, 3.05) is 21.1 Å². The molecule has 9 heteroatoms. The fraction of sp³-hybridized carbons (Fsp3) is 0.400. The number of rotatable bonds is 2. The Morgan fingerprint density at radius 3 is 1.47 bits per heavy atom. The van der Waals surface area contributed by atoms with E-state index in [2.05, 4.69) is 69.3 Å². The molecule has 0 bridgehead atoms. The molecule has 0 saturated heterocycles. The maximum atomic E-state index is 8.89. The molecule has 1 rings (SSSR count). The van der Waals surface area contributed by atoms with Crippen LogP contribution in [0, 0.1) is 0 Å². The Bertz CT molecular complexity index is 446. The van der Waals surface area contributed by atoms with Gasteiger partial charge in [0, 0.05) is 23.4 Å². The second-order valence-corrected chi connectivity index (χ2v) is 9.47. The lowest BCUT2D eigenvalue weighted by atomic mass is 10.2. The van der Waals surface area contributed by atoms with Gasteiger partial charge in [-0.3, -0.25) is 0 Å². The van der Waals surface area contributed by atoms with Crippen LogP contribution < -0.4 is 0 Å². The summed E-state index contributed by atoms with van der Waals surface area (Å²) >= 11 is -6.58. The number of nitrogens with zero attached hydrogens (tertiary/aromatic N) is 1. The van der Waals surface area contributed by atoms with E-state index in [4.69, 9.17) is 12.3 Å². The van der Waals surface area contributed by atoms with Crippen LogP contribution in [-0.4, -0.2) is 25.6 Å². The van der Waals surface area contributed by atoms with Crippen molar-refractivity contribution in [2.45, 2.75) is 6.54 Å². The smallest absolute Gasteiger partial charge is 0.327 e. The summed E-state index contributed by atoms with van der Waals surface area (Å²) in [4.78, 5) is 0. The zero-order valence-corrected chi connectivity index (χ0v) is 16.5. The number of quaternary nitrogens is 1. The van der Waals surface area contributed by atoms with Gasteiger partial charge in [-0.15, -0.1) is 0 Å². The zero-order chi connectivity index (χ0) is 15.5. The topological polar surface area (TPSA) is 68.3 Å². The van der Waals surface area contributed by atoms with Crippen molar-refractivity contribution in [1.82, 2.24) is 0 Å². The molecule has 0 amide bonds. The van der Waals surface area contributed by atoms with E-state index in [0.717, 1.165) is 11.0 Å². The summed E-state index contributed by atoms with van der Waals surface area (Å²) in [6.45, 7) is 1.10. The first kappa shape index (κ1) is 21.7. The standard InChI is InChI=1S/C10H16N.2ClIO2/c1-11(2,3)9-10-7-5-4-6-8-10;2*1-2(3)4/h4-8H,9H2,1-3H3;;/q+1;;. The van der Waals surface area contributed by atoms with Crippen molar-refractivity contribution < 1.29 is 16.8 Å². The molecular weight excluding hydrogens is 523 g/mol. The number of hydrogen-bond acceptors (Lipinski definition) is 4. The Balaban J connectivity index is 0. The van der Waals surface area contributed by atoms with E-state index < -0.39 is 37.3 Å². The summed E-state index contributed by atoms with van der Waals surface area (Å²) in [6, 6.07) is 10.6. The number of halogens is 4. The van der Waals surface area contributed by atoms with E-state index in [1.807, 2.05) is 0 Å². The summed E-state index contributed by atoms with van der Waals surface area (Å²) in [5.74, 6) is 0. The third kappa shape index (κ3) is 27.6. The Hall–Kier alpha value is 0.420. The lowest BCUT2D eigenvalue weighted by Gasteiger charge is -2.23. The fourth-order valence-electron chi connectivity index (χ4n) is 1.13. The first-order chi connectivity index (χ1) is 8.54. The molecule has 0 N–H and O–H groups in total. The highest BCUT2D eigenvalue weighted by molar-refractivity contribution is 14.2. The summed E-state index contributed by atoms with van der Waals surface area (Å²) in [6.07, 6.45) is 0. The van der Waals surface area contributed by atoms with Crippen molar-refractivity contribution in [3.05, 3.63) is 35.9 Å². The number of hydrogen-bond donors (Lipinski definition) is 0. The van der Waals surface area contributed by atoms with Crippen LogP contribution in [0.25, 0.3) is 0 Å².